The average Bonchev–Trinajstić information content (AvgIpc) is 2.73. The number of aliphatic hydroxyl groups excluding tert-OH is 1. The van der Waals surface area contributed by atoms with E-state index in [1.807, 2.05) is 19.1 Å². The summed E-state index contributed by atoms with van der Waals surface area (Å²) in [5.74, 6) is -0.975. The molecule has 0 saturated carbocycles. The lowest BCUT2D eigenvalue weighted by Crippen LogP contribution is -2.06. The summed E-state index contributed by atoms with van der Waals surface area (Å²) in [7, 11) is 0. The highest BCUT2D eigenvalue weighted by molar-refractivity contribution is 5.96. The lowest BCUT2D eigenvalue weighted by Gasteiger charge is -2.17. The van der Waals surface area contributed by atoms with Crippen LogP contribution < -0.4 is 4.74 Å². The third kappa shape index (κ3) is 4.67. The second-order valence-electron chi connectivity index (χ2n) is 7.00. The van der Waals surface area contributed by atoms with Crippen LogP contribution >= 0.6 is 0 Å². The molecule has 6 heteroatoms. The second kappa shape index (κ2) is 8.80. The number of phenols is 1. The number of aromatic hydroxyl groups is 1. The molecule has 0 saturated heterocycles. The SMILES string of the molecule is CC(=O)c1ccc(OC(C)c2ccc(C(O)c3cccc(C(=O)O)c3)cc2)cc1O. The van der Waals surface area contributed by atoms with Gasteiger partial charge in [-0.3, -0.25) is 4.79 Å². The van der Waals surface area contributed by atoms with Gasteiger partial charge < -0.3 is 20.1 Å². The molecule has 0 spiro atoms. The number of ether oxygens (including phenoxy) is 1. The van der Waals surface area contributed by atoms with Crippen LogP contribution in [0.15, 0.2) is 66.7 Å². The number of ketones is 1. The van der Waals surface area contributed by atoms with Crippen molar-refractivity contribution in [1.82, 2.24) is 0 Å². The highest BCUT2D eigenvalue weighted by Crippen LogP contribution is 2.29. The van der Waals surface area contributed by atoms with Gasteiger partial charge in [0.2, 0.25) is 0 Å². The van der Waals surface area contributed by atoms with Crippen molar-refractivity contribution in [3.63, 3.8) is 0 Å². The van der Waals surface area contributed by atoms with Crippen molar-refractivity contribution in [2.45, 2.75) is 26.1 Å². The van der Waals surface area contributed by atoms with E-state index in [1.165, 1.54) is 31.2 Å². The molecule has 0 aliphatic heterocycles. The summed E-state index contributed by atoms with van der Waals surface area (Å²) < 4.78 is 5.84. The van der Waals surface area contributed by atoms with Gasteiger partial charge in [-0.1, -0.05) is 36.4 Å². The minimum atomic E-state index is -1.05. The van der Waals surface area contributed by atoms with Crippen molar-refractivity contribution < 1.29 is 29.6 Å². The Morgan fingerprint density at radius 3 is 2.17 bits per heavy atom. The first kappa shape index (κ1) is 21.1. The number of carbonyl (C=O) groups is 2. The van der Waals surface area contributed by atoms with Crippen molar-refractivity contribution in [1.29, 1.82) is 0 Å². The van der Waals surface area contributed by atoms with Gasteiger partial charge in [0.25, 0.3) is 0 Å². The number of phenolic OH excluding ortho intramolecular Hbond substituents is 1. The van der Waals surface area contributed by atoms with Gasteiger partial charge in [-0.05, 0) is 54.8 Å². The highest BCUT2D eigenvalue weighted by atomic mass is 16.5. The topological polar surface area (TPSA) is 104 Å². The maximum absolute atomic E-state index is 11.4. The van der Waals surface area contributed by atoms with E-state index in [2.05, 4.69) is 0 Å². The van der Waals surface area contributed by atoms with E-state index in [9.17, 15) is 19.8 Å². The largest absolute Gasteiger partial charge is 0.507 e. The Labute approximate surface area is 174 Å². The summed E-state index contributed by atoms with van der Waals surface area (Å²) in [6, 6.07) is 17.9. The van der Waals surface area contributed by atoms with Gasteiger partial charge in [0.15, 0.2) is 5.78 Å². The Kier molecular flexibility index (Phi) is 6.18. The van der Waals surface area contributed by atoms with Gasteiger partial charge in [0.05, 0.1) is 11.1 Å². The maximum Gasteiger partial charge on any atom is 0.335 e. The normalized spacial score (nSPS) is 12.8. The summed E-state index contributed by atoms with van der Waals surface area (Å²) in [4.78, 5) is 22.5. The van der Waals surface area contributed by atoms with Crippen LogP contribution in [0.5, 0.6) is 11.5 Å². The summed E-state index contributed by atoms with van der Waals surface area (Å²) >= 11 is 0. The van der Waals surface area contributed by atoms with Crippen LogP contribution in [0.4, 0.5) is 0 Å². The molecular weight excluding hydrogens is 384 g/mol. The third-order valence-electron chi connectivity index (χ3n) is 4.83. The lowest BCUT2D eigenvalue weighted by molar-refractivity contribution is 0.0696. The summed E-state index contributed by atoms with van der Waals surface area (Å²) in [6.45, 7) is 3.23. The van der Waals surface area contributed by atoms with Gasteiger partial charge in [-0.15, -0.1) is 0 Å². The molecule has 0 aliphatic carbocycles. The van der Waals surface area contributed by atoms with E-state index in [1.54, 1.807) is 30.3 Å². The van der Waals surface area contributed by atoms with E-state index in [0.717, 1.165) is 5.56 Å². The molecule has 3 aromatic rings. The highest BCUT2D eigenvalue weighted by Gasteiger charge is 2.15. The molecule has 0 fully saturated rings. The minimum absolute atomic E-state index is 0.115. The van der Waals surface area contributed by atoms with Crippen LogP contribution in [0.2, 0.25) is 0 Å². The number of carboxylic acids is 1. The van der Waals surface area contributed by atoms with Crippen LogP contribution in [0.1, 0.15) is 63.5 Å². The predicted molar refractivity (Wildman–Crippen MR) is 111 cm³/mol. The van der Waals surface area contributed by atoms with Gasteiger partial charge in [0, 0.05) is 6.07 Å². The molecule has 6 nitrogen and oxygen atoms in total. The second-order valence-corrected chi connectivity index (χ2v) is 7.00. The van der Waals surface area contributed by atoms with E-state index in [-0.39, 0.29) is 28.8 Å². The maximum atomic E-state index is 11.4. The van der Waals surface area contributed by atoms with Gasteiger partial charge in [-0.2, -0.15) is 0 Å². The lowest BCUT2D eigenvalue weighted by atomic mass is 9.98. The number of hydrogen-bond donors (Lipinski definition) is 3. The summed E-state index contributed by atoms with van der Waals surface area (Å²) in [5.41, 5.74) is 2.31. The van der Waals surface area contributed by atoms with Gasteiger partial charge in [0.1, 0.15) is 23.7 Å². The Bertz CT molecular complexity index is 1070. The van der Waals surface area contributed by atoms with E-state index in [4.69, 9.17) is 9.84 Å². The molecule has 0 amide bonds. The molecule has 3 aromatic carbocycles. The molecule has 2 unspecified atom stereocenters. The molecule has 0 bridgehead atoms. The first-order valence-electron chi connectivity index (χ1n) is 9.38. The first-order chi connectivity index (χ1) is 14.3. The molecule has 0 radical (unpaired) electrons. The molecule has 0 aromatic heterocycles. The number of aliphatic hydroxyl groups is 1. The molecule has 3 N–H and O–H groups in total. The molecule has 0 aliphatic rings. The van der Waals surface area contributed by atoms with Gasteiger partial charge in [-0.25, -0.2) is 4.79 Å². The molecule has 3 rings (SSSR count). The number of rotatable bonds is 7. The van der Waals surface area contributed by atoms with Crippen LogP contribution in [0, 0.1) is 0 Å². The van der Waals surface area contributed by atoms with E-state index in [0.29, 0.717) is 16.9 Å². The Morgan fingerprint density at radius 1 is 0.900 bits per heavy atom. The third-order valence-corrected chi connectivity index (χ3v) is 4.83. The Hall–Kier alpha value is -3.64. The zero-order valence-electron chi connectivity index (χ0n) is 16.6. The van der Waals surface area contributed by atoms with Crippen molar-refractivity contribution in [3.05, 3.63) is 94.5 Å². The fourth-order valence-corrected chi connectivity index (χ4v) is 3.14. The summed E-state index contributed by atoms with van der Waals surface area (Å²) in [5, 5.41) is 29.6. The van der Waals surface area contributed by atoms with Crippen molar-refractivity contribution in [2.24, 2.45) is 0 Å². The predicted octanol–water partition coefficient (Wildman–Crippen LogP) is 4.51. The van der Waals surface area contributed by atoms with Crippen LogP contribution in [-0.2, 0) is 0 Å². The van der Waals surface area contributed by atoms with E-state index >= 15 is 0 Å². The molecule has 30 heavy (non-hydrogen) atoms. The van der Waals surface area contributed by atoms with E-state index < -0.39 is 12.1 Å². The van der Waals surface area contributed by atoms with Crippen molar-refractivity contribution in [2.75, 3.05) is 0 Å². The molecule has 0 heterocycles. The smallest absolute Gasteiger partial charge is 0.335 e. The number of hydrogen-bond acceptors (Lipinski definition) is 5. The quantitative estimate of drug-likeness (QED) is 0.499. The van der Waals surface area contributed by atoms with Crippen molar-refractivity contribution >= 4 is 11.8 Å². The van der Waals surface area contributed by atoms with Crippen LogP contribution in [0.3, 0.4) is 0 Å². The zero-order valence-corrected chi connectivity index (χ0v) is 16.6. The number of benzene rings is 3. The fourth-order valence-electron chi connectivity index (χ4n) is 3.14. The Morgan fingerprint density at radius 2 is 1.57 bits per heavy atom. The number of Topliss-reactive ketones (excluding diaryl/α,β-unsaturated/α-hetero) is 1. The minimum Gasteiger partial charge on any atom is -0.507 e. The fraction of sp³-hybridized carbons (Fsp3) is 0.167. The number of carbonyl (C=O) groups excluding carboxylic acids is 1. The molecular formula is C24H22O6. The monoisotopic (exact) mass is 406 g/mol. The average molecular weight is 406 g/mol. The zero-order chi connectivity index (χ0) is 21.8. The Balaban J connectivity index is 1.73. The van der Waals surface area contributed by atoms with Crippen LogP contribution in [-0.4, -0.2) is 27.1 Å². The molecule has 154 valence electrons. The standard InChI is InChI=1S/C24H22O6/c1-14(25)21-11-10-20(13-22(21)26)30-15(2)16-6-8-17(9-7-16)23(27)18-4-3-5-19(12-18)24(28)29/h3-13,15,23,26-27H,1-2H3,(H,28,29). The number of carboxylic acid groups (broad SMARTS) is 1. The van der Waals surface area contributed by atoms with Gasteiger partial charge >= 0.3 is 5.97 Å². The van der Waals surface area contributed by atoms with Crippen molar-refractivity contribution in [3.8, 4) is 11.5 Å². The van der Waals surface area contributed by atoms with Crippen LogP contribution in [0.25, 0.3) is 0 Å². The first-order valence-corrected chi connectivity index (χ1v) is 9.38. The summed E-state index contributed by atoms with van der Waals surface area (Å²) in [6.07, 6.45) is -1.29. The molecule has 2 atom stereocenters. The number of aromatic carboxylic acids is 1.